The Hall–Kier alpha value is -2.28. The second-order valence-electron chi connectivity index (χ2n) is 6.27. The lowest BCUT2D eigenvalue weighted by molar-refractivity contribution is 0.0862. The Morgan fingerprint density at radius 2 is 2.00 bits per heavy atom. The van der Waals surface area contributed by atoms with Crippen LogP contribution < -0.4 is 4.90 Å². The lowest BCUT2D eigenvalue weighted by atomic mass is 10.0. The van der Waals surface area contributed by atoms with E-state index in [-0.39, 0.29) is 12.1 Å². The lowest BCUT2D eigenvalue weighted by Gasteiger charge is -2.36. The largest absolute Gasteiger partial charge is 0.445 e. The van der Waals surface area contributed by atoms with Gasteiger partial charge in [-0.1, -0.05) is 42.1 Å². The number of piperidine rings is 1. The second-order valence-corrected chi connectivity index (χ2v) is 7.04. The first-order valence-corrected chi connectivity index (χ1v) is 9.95. The van der Waals surface area contributed by atoms with Crippen molar-refractivity contribution >= 4 is 23.7 Å². The fourth-order valence-corrected chi connectivity index (χ4v) is 3.41. The highest BCUT2D eigenvalue weighted by Crippen LogP contribution is 2.22. The van der Waals surface area contributed by atoms with Crippen molar-refractivity contribution in [3.05, 3.63) is 48.2 Å². The third kappa shape index (κ3) is 4.66. The molecule has 3 rings (SSSR count). The van der Waals surface area contributed by atoms with E-state index in [1.165, 1.54) is 0 Å². The Morgan fingerprint density at radius 1 is 1.27 bits per heavy atom. The SMILES string of the molecule is CSc1nccc(N2CCC(N(C)C(=O)OCc3ccccc3)CC2)n1. The summed E-state index contributed by atoms with van der Waals surface area (Å²) in [4.78, 5) is 25.1. The van der Waals surface area contributed by atoms with E-state index in [1.54, 1.807) is 22.9 Å². The van der Waals surface area contributed by atoms with Crippen LogP contribution in [-0.2, 0) is 11.3 Å². The molecule has 1 aliphatic heterocycles. The minimum absolute atomic E-state index is 0.191. The molecule has 1 saturated heterocycles. The number of anilines is 1. The van der Waals surface area contributed by atoms with Crippen LogP contribution in [0.1, 0.15) is 18.4 Å². The molecule has 0 N–H and O–H groups in total. The van der Waals surface area contributed by atoms with Gasteiger partial charge in [0.25, 0.3) is 0 Å². The molecule has 138 valence electrons. The molecule has 0 unspecified atom stereocenters. The standard InChI is InChI=1S/C19H24N4O2S/c1-22(19(24)25-14-15-6-4-3-5-7-15)16-9-12-23(13-10-16)17-8-11-20-18(21-17)26-2/h3-8,11,16H,9-10,12-14H2,1-2H3. The van der Waals surface area contributed by atoms with E-state index < -0.39 is 0 Å². The van der Waals surface area contributed by atoms with Gasteiger partial charge in [-0.2, -0.15) is 0 Å². The number of ether oxygens (including phenoxy) is 1. The third-order valence-corrected chi connectivity index (χ3v) is 5.19. The quantitative estimate of drug-likeness (QED) is 0.592. The summed E-state index contributed by atoms with van der Waals surface area (Å²) in [5.74, 6) is 0.956. The highest BCUT2D eigenvalue weighted by Gasteiger charge is 2.26. The van der Waals surface area contributed by atoms with Gasteiger partial charge in [-0.05, 0) is 30.7 Å². The van der Waals surface area contributed by atoms with E-state index >= 15 is 0 Å². The van der Waals surface area contributed by atoms with Crippen molar-refractivity contribution in [3.8, 4) is 0 Å². The van der Waals surface area contributed by atoms with Crippen LogP contribution in [0, 0.1) is 0 Å². The number of aromatic nitrogens is 2. The van der Waals surface area contributed by atoms with Crippen LogP contribution in [0.3, 0.4) is 0 Å². The lowest BCUT2D eigenvalue weighted by Crippen LogP contribution is -2.46. The molecule has 2 heterocycles. The monoisotopic (exact) mass is 372 g/mol. The normalized spacial score (nSPS) is 14.9. The van der Waals surface area contributed by atoms with Crippen LogP contribution >= 0.6 is 11.8 Å². The van der Waals surface area contributed by atoms with Crippen LogP contribution in [0.4, 0.5) is 10.6 Å². The van der Waals surface area contributed by atoms with Gasteiger partial charge < -0.3 is 14.5 Å². The molecule has 1 fully saturated rings. The maximum Gasteiger partial charge on any atom is 0.410 e. The average Bonchev–Trinajstić information content (AvgIpc) is 2.72. The Morgan fingerprint density at radius 3 is 2.69 bits per heavy atom. The Kier molecular flexibility index (Phi) is 6.33. The first kappa shape index (κ1) is 18.5. The highest BCUT2D eigenvalue weighted by atomic mass is 32.2. The van der Waals surface area contributed by atoms with E-state index in [0.29, 0.717) is 6.61 Å². The summed E-state index contributed by atoms with van der Waals surface area (Å²) in [5.41, 5.74) is 0.998. The van der Waals surface area contributed by atoms with Gasteiger partial charge in [-0.15, -0.1) is 0 Å². The molecular formula is C19H24N4O2S. The van der Waals surface area contributed by atoms with Gasteiger partial charge in [0.1, 0.15) is 12.4 Å². The summed E-state index contributed by atoms with van der Waals surface area (Å²) in [6.45, 7) is 2.04. The molecule has 6 nitrogen and oxygen atoms in total. The molecule has 2 aromatic rings. The summed E-state index contributed by atoms with van der Waals surface area (Å²) in [6, 6.07) is 11.9. The van der Waals surface area contributed by atoms with Crippen LogP contribution in [0.25, 0.3) is 0 Å². The molecule has 1 aromatic heterocycles. The minimum Gasteiger partial charge on any atom is -0.445 e. The number of hydrogen-bond donors (Lipinski definition) is 0. The van der Waals surface area contributed by atoms with Crippen LogP contribution in [0.5, 0.6) is 0 Å². The fourth-order valence-electron chi connectivity index (χ4n) is 3.06. The molecular weight excluding hydrogens is 348 g/mol. The predicted molar refractivity (Wildman–Crippen MR) is 103 cm³/mol. The van der Waals surface area contributed by atoms with Gasteiger partial charge in [0.15, 0.2) is 5.16 Å². The summed E-state index contributed by atoms with van der Waals surface area (Å²) < 4.78 is 5.43. The number of hydrogen-bond acceptors (Lipinski definition) is 6. The van der Waals surface area contributed by atoms with Crippen molar-refractivity contribution in [2.45, 2.75) is 30.6 Å². The van der Waals surface area contributed by atoms with Crippen molar-refractivity contribution in [1.29, 1.82) is 0 Å². The van der Waals surface area contributed by atoms with Gasteiger partial charge >= 0.3 is 6.09 Å². The number of amides is 1. The smallest absolute Gasteiger partial charge is 0.410 e. The van der Waals surface area contributed by atoms with Crippen molar-refractivity contribution in [2.24, 2.45) is 0 Å². The molecule has 0 radical (unpaired) electrons. The first-order valence-electron chi connectivity index (χ1n) is 8.73. The van der Waals surface area contributed by atoms with Crippen LogP contribution in [-0.4, -0.2) is 53.4 Å². The van der Waals surface area contributed by atoms with Crippen LogP contribution in [0.2, 0.25) is 0 Å². The number of carbonyl (C=O) groups excluding carboxylic acids is 1. The minimum atomic E-state index is -0.265. The summed E-state index contributed by atoms with van der Waals surface area (Å²) in [7, 11) is 1.82. The van der Waals surface area contributed by atoms with Crippen molar-refractivity contribution in [1.82, 2.24) is 14.9 Å². The molecule has 0 bridgehead atoms. The number of benzene rings is 1. The molecule has 0 spiro atoms. The summed E-state index contributed by atoms with van der Waals surface area (Å²) >= 11 is 1.54. The van der Waals surface area contributed by atoms with E-state index in [2.05, 4.69) is 14.9 Å². The zero-order valence-electron chi connectivity index (χ0n) is 15.2. The third-order valence-electron chi connectivity index (χ3n) is 4.63. The van der Waals surface area contributed by atoms with Crippen LogP contribution in [0.15, 0.2) is 47.8 Å². The highest BCUT2D eigenvalue weighted by molar-refractivity contribution is 7.98. The van der Waals surface area contributed by atoms with Gasteiger partial charge in [-0.3, -0.25) is 0 Å². The molecule has 1 aromatic carbocycles. The molecule has 0 aliphatic carbocycles. The van der Waals surface area contributed by atoms with Gasteiger partial charge in [0.2, 0.25) is 0 Å². The number of thioether (sulfide) groups is 1. The average molecular weight is 372 g/mol. The Balaban J connectivity index is 1.49. The Labute approximate surface area is 158 Å². The predicted octanol–water partition coefficient (Wildman–Crippen LogP) is 3.44. The molecule has 7 heteroatoms. The maximum atomic E-state index is 12.3. The number of rotatable bonds is 5. The number of nitrogens with zero attached hydrogens (tertiary/aromatic N) is 4. The summed E-state index contributed by atoms with van der Waals surface area (Å²) in [6.07, 6.45) is 5.30. The van der Waals surface area contributed by atoms with Gasteiger partial charge in [-0.25, -0.2) is 14.8 Å². The second kappa shape index (κ2) is 8.89. The van der Waals surface area contributed by atoms with Crippen molar-refractivity contribution < 1.29 is 9.53 Å². The van der Waals surface area contributed by atoms with Gasteiger partial charge in [0, 0.05) is 32.4 Å². The molecule has 1 amide bonds. The molecule has 26 heavy (non-hydrogen) atoms. The maximum absolute atomic E-state index is 12.3. The van der Waals surface area contributed by atoms with Gasteiger partial charge in [0.05, 0.1) is 0 Å². The topological polar surface area (TPSA) is 58.6 Å². The molecule has 0 saturated carbocycles. The first-order chi connectivity index (χ1) is 12.7. The van der Waals surface area contributed by atoms with Crippen molar-refractivity contribution in [2.75, 3.05) is 31.3 Å². The molecule has 1 aliphatic rings. The van der Waals surface area contributed by atoms with E-state index in [0.717, 1.165) is 42.5 Å². The zero-order valence-corrected chi connectivity index (χ0v) is 16.0. The van der Waals surface area contributed by atoms with E-state index in [1.807, 2.05) is 49.7 Å². The van der Waals surface area contributed by atoms with E-state index in [4.69, 9.17) is 4.74 Å². The van der Waals surface area contributed by atoms with E-state index in [9.17, 15) is 4.79 Å². The number of carbonyl (C=O) groups is 1. The zero-order chi connectivity index (χ0) is 18.4. The fraction of sp³-hybridized carbons (Fsp3) is 0.421. The summed E-state index contributed by atoms with van der Waals surface area (Å²) in [5, 5.41) is 0.784. The molecule has 0 atom stereocenters. The Bertz CT molecular complexity index is 720. The van der Waals surface area contributed by atoms with Crippen molar-refractivity contribution in [3.63, 3.8) is 0 Å².